The molecule has 29 heavy (non-hydrogen) atoms. The molecule has 0 spiro atoms. The molecule has 0 bridgehead atoms. The third-order valence-electron chi connectivity index (χ3n) is 5.59. The molecule has 1 unspecified atom stereocenters. The van der Waals surface area contributed by atoms with Crippen LogP contribution in [0.25, 0.3) is 6.08 Å². The van der Waals surface area contributed by atoms with Crippen LogP contribution in [0.2, 0.25) is 5.02 Å². The second-order valence-electron chi connectivity index (χ2n) is 7.63. The van der Waals surface area contributed by atoms with Crippen LogP contribution in [0.1, 0.15) is 18.4 Å². The molecule has 3 aliphatic rings. The van der Waals surface area contributed by atoms with Crippen molar-refractivity contribution in [3.63, 3.8) is 0 Å². The van der Waals surface area contributed by atoms with E-state index in [1.165, 1.54) is 0 Å². The molecule has 0 saturated carbocycles. The van der Waals surface area contributed by atoms with Crippen LogP contribution < -0.4 is 9.47 Å². The van der Waals surface area contributed by atoms with E-state index in [0.717, 1.165) is 12.0 Å². The Labute approximate surface area is 176 Å². The molecule has 9 heteroatoms. The maximum Gasteiger partial charge on any atom is 0.246 e. The Morgan fingerprint density at radius 2 is 1.90 bits per heavy atom. The fraction of sp³-hybridized carbons (Fsp3) is 0.550. The molecular formula is C20H25ClN2O5S. The molecule has 0 N–H and O–H groups in total. The van der Waals surface area contributed by atoms with Gasteiger partial charge in [-0.3, -0.25) is 9.69 Å². The second kappa shape index (κ2) is 8.53. The van der Waals surface area contributed by atoms with E-state index in [9.17, 15) is 13.2 Å². The topological polar surface area (TPSA) is 76.2 Å². The van der Waals surface area contributed by atoms with Gasteiger partial charge in [0.2, 0.25) is 5.91 Å². The molecule has 2 fully saturated rings. The highest BCUT2D eigenvalue weighted by Crippen LogP contribution is 2.38. The standard InChI is InChI=1S/C20H25ClN2O5S/c21-17-12-15(13-18-20(17)28-10-1-9-27-18)2-3-19(24)23-7-5-22(6-8-23)16-4-11-29(25,26)14-16/h2-3,12-13,16H,1,4-11,14H2. The maximum absolute atomic E-state index is 12.6. The van der Waals surface area contributed by atoms with E-state index < -0.39 is 9.84 Å². The molecule has 4 rings (SSSR count). The molecule has 0 aliphatic carbocycles. The number of amides is 1. The first-order valence-corrected chi connectivity index (χ1v) is 12.1. The molecule has 1 aromatic rings. The maximum atomic E-state index is 12.6. The number of carbonyl (C=O) groups excluding carboxylic acids is 1. The van der Waals surface area contributed by atoms with Crippen LogP contribution in [0.3, 0.4) is 0 Å². The fourth-order valence-corrected chi connectivity index (χ4v) is 6.03. The number of benzene rings is 1. The zero-order valence-electron chi connectivity index (χ0n) is 16.2. The lowest BCUT2D eigenvalue weighted by atomic mass is 10.1. The van der Waals surface area contributed by atoms with Crippen molar-refractivity contribution in [3.05, 3.63) is 28.8 Å². The Kier molecular flexibility index (Phi) is 6.03. The van der Waals surface area contributed by atoms with Gasteiger partial charge in [0.25, 0.3) is 0 Å². The third-order valence-corrected chi connectivity index (χ3v) is 7.62. The van der Waals surface area contributed by atoms with Gasteiger partial charge in [0, 0.05) is 44.7 Å². The molecule has 0 aromatic heterocycles. The highest BCUT2D eigenvalue weighted by molar-refractivity contribution is 7.91. The summed E-state index contributed by atoms with van der Waals surface area (Å²) >= 11 is 6.30. The summed E-state index contributed by atoms with van der Waals surface area (Å²) in [7, 11) is -2.89. The van der Waals surface area contributed by atoms with Crippen molar-refractivity contribution in [1.29, 1.82) is 0 Å². The lowest BCUT2D eigenvalue weighted by Crippen LogP contribution is -2.52. The van der Waals surface area contributed by atoms with Gasteiger partial charge in [-0.2, -0.15) is 0 Å². The van der Waals surface area contributed by atoms with Crippen LogP contribution in [0, 0.1) is 0 Å². The summed E-state index contributed by atoms with van der Waals surface area (Å²) in [5.41, 5.74) is 0.780. The molecular weight excluding hydrogens is 416 g/mol. The van der Waals surface area contributed by atoms with Gasteiger partial charge >= 0.3 is 0 Å². The van der Waals surface area contributed by atoms with Crippen molar-refractivity contribution < 1.29 is 22.7 Å². The van der Waals surface area contributed by atoms with Gasteiger partial charge < -0.3 is 14.4 Å². The minimum Gasteiger partial charge on any atom is -0.489 e. The highest BCUT2D eigenvalue weighted by atomic mass is 35.5. The van der Waals surface area contributed by atoms with Crippen LogP contribution in [-0.2, 0) is 14.6 Å². The molecule has 0 radical (unpaired) electrons. The van der Waals surface area contributed by atoms with Crippen molar-refractivity contribution in [3.8, 4) is 11.5 Å². The van der Waals surface area contributed by atoms with E-state index in [0.29, 0.717) is 62.3 Å². The minimum absolute atomic E-state index is 0.0630. The number of hydrogen-bond donors (Lipinski definition) is 0. The van der Waals surface area contributed by atoms with Crippen LogP contribution in [0.4, 0.5) is 0 Å². The molecule has 7 nitrogen and oxygen atoms in total. The third kappa shape index (κ3) is 4.87. The average molecular weight is 441 g/mol. The van der Waals surface area contributed by atoms with Gasteiger partial charge in [0.1, 0.15) is 0 Å². The minimum atomic E-state index is -2.89. The summed E-state index contributed by atoms with van der Waals surface area (Å²) in [4.78, 5) is 16.6. The summed E-state index contributed by atoms with van der Waals surface area (Å²) in [6, 6.07) is 3.68. The SMILES string of the molecule is O=C(C=Cc1cc(Cl)c2c(c1)OCCCO2)N1CCN(C2CCS(=O)(=O)C2)CC1. The molecule has 3 heterocycles. The quantitative estimate of drug-likeness (QED) is 0.667. The molecule has 3 aliphatic heterocycles. The van der Waals surface area contributed by atoms with Crippen molar-refractivity contribution >= 4 is 33.4 Å². The zero-order valence-corrected chi connectivity index (χ0v) is 17.8. The number of ether oxygens (including phenoxy) is 2. The summed E-state index contributed by atoms with van der Waals surface area (Å²) in [6.07, 6.45) is 4.78. The first-order valence-electron chi connectivity index (χ1n) is 9.92. The normalized spacial score (nSPS) is 24.6. The van der Waals surface area contributed by atoms with Crippen molar-refractivity contribution in [1.82, 2.24) is 9.80 Å². The Hall–Kier alpha value is -1.77. The van der Waals surface area contributed by atoms with Crippen molar-refractivity contribution in [2.75, 3.05) is 50.9 Å². The largest absolute Gasteiger partial charge is 0.489 e. The number of hydrogen-bond acceptors (Lipinski definition) is 6. The number of rotatable bonds is 3. The van der Waals surface area contributed by atoms with E-state index in [1.54, 1.807) is 23.1 Å². The fourth-order valence-electron chi connectivity index (χ4n) is 3.99. The summed E-state index contributed by atoms with van der Waals surface area (Å²) in [5, 5.41) is 0.469. The van der Waals surface area contributed by atoms with Gasteiger partial charge in [-0.05, 0) is 30.2 Å². The van der Waals surface area contributed by atoms with E-state index in [1.807, 2.05) is 6.07 Å². The first-order chi connectivity index (χ1) is 13.9. The van der Waals surface area contributed by atoms with Gasteiger partial charge in [-0.15, -0.1) is 0 Å². The molecule has 1 aromatic carbocycles. The van der Waals surface area contributed by atoms with E-state index >= 15 is 0 Å². The highest BCUT2D eigenvalue weighted by Gasteiger charge is 2.34. The Morgan fingerprint density at radius 1 is 1.14 bits per heavy atom. The molecule has 158 valence electrons. The summed E-state index contributed by atoms with van der Waals surface area (Å²) < 4.78 is 34.7. The predicted molar refractivity (Wildman–Crippen MR) is 111 cm³/mol. The van der Waals surface area contributed by atoms with Crippen LogP contribution >= 0.6 is 11.6 Å². The Balaban J connectivity index is 1.35. The van der Waals surface area contributed by atoms with Crippen LogP contribution in [-0.4, -0.2) is 81.1 Å². The first kappa shape index (κ1) is 20.5. The number of carbonyl (C=O) groups is 1. The number of halogens is 1. The Bertz CT molecular complexity index is 910. The van der Waals surface area contributed by atoms with Gasteiger partial charge in [0.15, 0.2) is 21.3 Å². The van der Waals surface area contributed by atoms with E-state index in [2.05, 4.69) is 4.90 Å². The van der Waals surface area contributed by atoms with Gasteiger partial charge in [-0.1, -0.05) is 11.6 Å². The van der Waals surface area contributed by atoms with E-state index in [-0.39, 0.29) is 23.5 Å². The lowest BCUT2D eigenvalue weighted by Gasteiger charge is -2.37. The number of nitrogens with zero attached hydrogens (tertiary/aromatic N) is 2. The number of piperazine rings is 1. The summed E-state index contributed by atoms with van der Waals surface area (Å²) in [5.74, 6) is 1.61. The lowest BCUT2D eigenvalue weighted by molar-refractivity contribution is -0.127. The van der Waals surface area contributed by atoms with Crippen molar-refractivity contribution in [2.45, 2.75) is 18.9 Å². The molecule has 1 atom stereocenters. The summed E-state index contributed by atoms with van der Waals surface area (Å²) in [6.45, 7) is 3.75. The number of sulfone groups is 1. The van der Waals surface area contributed by atoms with E-state index in [4.69, 9.17) is 21.1 Å². The van der Waals surface area contributed by atoms with Crippen molar-refractivity contribution in [2.24, 2.45) is 0 Å². The smallest absolute Gasteiger partial charge is 0.246 e. The monoisotopic (exact) mass is 440 g/mol. The second-order valence-corrected chi connectivity index (χ2v) is 10.3. The molecule has 1 amide bonds. The Morgan fingerprint density at radius 3 is 2.62 bits per heavy atom. The molecule has 2 saturated heterocycles. The van der Waals surface area contributed by atoms with Crippen LogP contribution in [0.5, 0.6) is 11.5 Å². The van der Waals surface area contributed by atoms with Gasteiger partial charge in [0.05, 0.1) is 29.7 Å². The average Bonchev–Trinajstić information content (AvgIpc) is 2.91. The predicted octanol–water partition coefficient (Wildman–Crippen LogP) is 1.85. The van der Waals surface area contributed by atoms with Crippen LogP contribution in [0.15, 0.2) is 18.2 Å². The zero-order chi connectivity index (χ0) is 20.4. The number of fused-ring (bicyclic) bond motifs is 1. The van der Waals surface area contributed by atoms with Gasteiger partial charge in [-0.25, -0.2) is 8.42 Å².